The van der Waals surface area contributed by atoms with Crippen molar-refractivity contribution in [2.75, 3.05) is 0 Å². The van der Waals surface area contributed by atoms with Gasteiger partial charge in [0, 0.05) is 4.90 Å². The van der Waals surface area contributed by atoms with E-state index in [0.29, 0.717) is 28.3 Å². The number of aryl methyl sites for hydroxylation is 1. The van der Waals surface area contributed by atoms with Crippen LogP contribution in [0.2, 0.25) is 0 Å². The monoisotopic (exact) mass is 305 g/mol. The molecule has 2 rings (SSSR count). The fraction of sp³-hybridized carbons (Fsp3) is 0.267. The van der Waals surface area contributed by atoms with Crippen molar-refractivity contribution < 1.29 is 8.78 Å². The number of rotatable bonds is 4. The minimum atomic E-state index is -0.924. The lowest BCUT2D eigenvalue weighted by molar-refractivity contribution is 0.506. The van der Waals surface area contributed by atoms with Gasteiger partial charge in [-0.1, -0.05) is 25.6 Å². The van der Waals surface area contributed by atoms with Crippen molar-refractivity contribution in [2.45, 2.75) is 36.6 Å². The SMILES string of the molecule is CCc1nnc(Sc2ccc(F)c(F)c2)c(C#N)c1CC. The summed E-state index contributed by atoms with van der Waals surface area (Å²) in [6, 6.07) is 5.73. The molecule has 1 aromatic heterocycles. The molecule has 0 saturated carbocycles. The third-order valence-electron chi connectivity index (χ3n) is 3.03. The molecule has 0 aliphatic heterocycles. The minimum Gasteiger partial charge on any atom is -0.204 e. The van der Waals surface area contributed by atoms with Gasteiger partial charge in [-0.2, -0.15) is 10.4 Å². The molecule has 21 heavy (non-hydrogen) atoms. The highest BCUT2D eigenvalue weighted by atomic mass is 32.2. The van der Waals surface area contributed by atoms with E-state index < -0.39 is 11.6 Å². The summed E-state index contributed by atoms with van der Waals surface area (Å²) in [6.45, 7) is 3.90. The highest BCUT2D eigenvalue weighted by Crippen LogP contribution is 2.31. The van der Waals surface area contributed by atoms with E-state index in [1.165, 1.54) is 6.07 Å². The highest BCUT2D eigenvalue weighted by Gasteiger charge is 2.16. The smallest absolute Gasteiger partial charge is 0.159 e. The summed E-state index contributed by atoms with van der Waals surface area (Å²) >= 11 is 1.11. The summed E-state index contributed by atoms with van der Waals surface area (Å²) in [5.74, 6) is -1.83. The Hall–Kier alpha value is -2.00. The molecule has 0 radical (unpaired) electrons. The molecule has 1 aromatic carbocycles. The van der Waals surface area contributed by atoms with E-state index in [1.54, 1.807) is 0 Å². The molecule has 2 aromatic rings. The Kier molecular flexibility index (Phi) is 4.86. The van der Waals surface area contributed by atoms with E-state index in [9.17, 15) is 14.0 Å². The van der Waals surface area contributed by atoms with Crippen LogP contribution in [0.5, 0.6) is 0 Å². The largest absolute Gasteiger partial charge is 0.204 e. The van der Waals surface area contributed by atoms with Gasteiger partial charge >= 0.3 is 0 Å². The number of benzene rings is 1. The van der Waals surface area contributed by atoms with Gasteiger partial charge in [0.25, 0.3) is 0 Å². The predicted molar refractivity (Wildman–Crippen MR) is 76.0 cm³/mol. The maximum Gasteiger partial charge on any atom is 0.159 e. The van der Waals surface area contributed by atoms with Crippen LogP contribution in [-0.2, 0) is 12.8 Å². The van der Waals surface area contributed by atoms with Crippen molar-refractivity contribution in [1.82, 2.24) is 10.2 Å². The molecule has 0 spiro atoms. The molecule has 0 unspecified atom stereocenters. The van der Waals surface area contributed by atoms with Gasteiger partial charge in [0.2, 0.25) is 0 Å². The molecule has 0 aliphatic carbocycles. The molecular weight excluding hydrogens is 292 g/mol. The molecule has 0 fully saturated rings. The number of nitriles is 1. The molecule has 0 N–H and O–H groups in total. The summed E-state index contributed by atoms with van der Waals surface area (Å²) < 4.78 is 26.2. The van der Waals surface area contributed by atoms with Crippen molar-refractivity contribution in [3.8, 4) is 6.07 Å². The first-order valence-electron chi connectivity index (χ1n) is 6.52. The molecular formula is C15H13F2N3S. The molecule has 3 nitrogen and oxygen atoms in total. The van der Waals surface area contributed by atoms with E-state index in [-0.39, 0.29) is 0 Å². The van der Waals surface area contributed by atoms with Gasteiger partial charge in [-0.05, 0) is 36.6 Å². The van der Waals surface area contributed by atoms with Crippen molar-refractivity contribution in [3.63, 3.8) is 0 Å². The van der Waals surface area contributed by atoms with E-state index >= 15 is 0 Å². The summed E-state index contributed by atoms with van der Waals surface area (Å²) in [7, 11) is 0. The van der Waals surface area contributed by atoms with Gasteiger partial charge in [0.15, 0.2) is 11.6 Å². The number of hydrogen-bond donors (Lipinski definition) is 0. The van der Waals surface area contributed by atoms with E-state index in [2.05, 4.69) is 16.3 Å². The lowest BCUT2D eigenvalue weighted by atomic mass is 10.1. The lowest BCUT2D eigenvalue weighted by Gasteiger charge is -2.10. The van der Waals surface area contributed by atoms with Crippen LogP contribution in [-0.4, -0.2) is 10.2 Å². The second kappa shape index (κ2) is 6.64. The normalized spacial score (nSPS) is 10.4. The van der Waals surface area contributed by atoms with Crippen LogP contribution < -0.4 is 0 Å². The maximum atomic E-state index is 13.2. The third-order valence-corrected chi connectivity index (χ3v) is 4.00. The van der Waals surface area contributed by atoms with Crippen LogP contribution in [0.1, 0.15) is 30.7 Å². The first-order valence-corrected chi connectivity index (χ1v) is 7.33. The van der Waals surface area contributed by atoms with Crippen LogP contribution in [0.3, 0.4) is 0 Å². The molecule has 0 aliphatic rings. The number of hydrogen-bond acceptors (Lipinski definition) is 4. The van der Waals surface area contributed by atoms with Crippen LogP contribution in [0, 0.1) is 23.0 Å². The summed E-state index contributed by atoms with van der Waals surface area (Å²) in [5, 5.41) is 17.9. The Morgan fingerprint density at radius 2 is 1.90 bits per heavy atom. The van der Waals surface area contributed by atoms with Gasteiger partial charge in [0.05, 0.1) is 11.3 Å². The first-order chi connectivity index (χ1) is 10.1. The number of aromatic nitrogens is 2. The van der Waals surface area contributed by atoms with Crippen LogP contribution in [0.15, 0.2) is 28.1 Å². The average Bonchev–Trinajstić information content (AvgIpc) is 2.50. The van der Waals surface area contributed by atoms with Crippen LogP contribution in [0.25, 0.3) is 0 Å². The summed E-state index contributed by atoms with van der Waals surface area (Å²) in [6.07, 6.45) is 1.37. The van der Waals surface area contributed by atoms with Crippen LogP contribution >= 0.6 is 11.8 Å². The van der Waals surface area contributed by atoms with Gasteiger partial charge < -0.3 is 0 Å². The average molecular weight is 305 g/mol. The Labute approximate surface area is 126 Å². The predicted octanol–water partition coefficient (Wildman–Crippen LogP) is 3.90. The standard InChI is InChI=1S/C15H13F2N3S/c1-3-10-11(8-18)15(20-19-14(10)4-2)21-9-5-6-12(16)13(17)7-9/h5-7H,3-4H2,1-2H3. The Morgan fingerprint density at radius 1 is 1.14 bits per heavy atom. The Bertz CT molecular complexity index is 711. The molecule has 108 valence electrons. The zero-order chi connectivity index (χ0) is 15.4. The van der Waals surface area contributed by atoms with Gasteiger partial charge in [-0.3, -0.25) is 0 Å². The molecule has 0 saturated heterocycles. The number of nitrogens with zero attached hydrogens (tertiary/aromatic N) is 3. The summed E-state index contributed by atoms with van der Waals surface area (Å²) in [4.78, 5) is 0.478. The van der Waals surface area contributed by atoms with Crippen molar-refractivity contribution >= 4 is 11.8 Å². The quantitative estimate of drug-likeness (QED) is 0.859. The third kappa shape index (κ3) is 3.19. The van der Waals surface area contributed by atoms with Gasteiger partial charge in [-0.25, -0.2) is 8.78 Å². The van der Waals surface area contributed by atoms with Gasteiger partial charge in [-0.15, -0.1) is 5.10 Å². The Balaban J connectivity index is 2.44. The second-order valence-electron chi connectivity index (χ2n) is 4.30. The molecule has 0 atom stereocenters. The van der Waals surface area contributed by atoms with Crippen molar-refractivity contribution in [1.29, 1.82) is 5.26 Å². The lowest BCUT2D eigenvalue weighted by Crippen LogP contribution is -2.04. The maximum absolute atomic E-state index is 13.2. The van der Waals surface area contributed by atoms with E-state index in [4.69, 9.17) is 0 Å². The fourth-order valence-corrected chi connectivity index (χ4v) is 2.87. The second-order valence-corrected chi connectivity index (χ2v) is 5.36. The first kappa shape index (κ1) is 15.4. The zero-order valence-electron chi connectivity index (χ0n) is 11.7. The van der Waals surface area contributed by atoms with Crippen molar-refractivity contribution in [3.05, 3.63) is 46.7 Å². The molecule has 6 heteroatoms. The van der Waals surface area contributed by atoms with Crippen LogP contribution in [0.4, 0.5) is 8.78 Å². The van der Waals surface area contributed by atoms with Crippen molar-refractivity contribution in [2.24, 2.45) is 0 Å². The molecule has 0 bridgehead atoms. The molecule has 1 heterocycles. The number of halogens is 2. The zero-order valence-corrected chi connectivity index (χ0v) is 12.5. The fourth-order valence-electron chi connectivity index (χ4n) is 1.99. The molecule has 0 amide bonds. The van der Waals surface area contributed by atoms with E-state index in [0.717, 1.165) is 35.2 Å². The van der Waals surface area contributed by atoms with E-state index in [1.807, 2.05) is 13.8 Å². The minimum absolute atomic E-state index is 0.414. The topological polar surface area (TPSA) is 49.6 Å². The highest BCUT2D eigenvalue weighted by molar-refractivity contribution is 7.99. The Morgan fingerprint density at radius 3 is 2.48 bits per heavy atom. The van der Waals surface area contributed by atoms with Gasteiger partial charge in [0.1, 0.15) is 11.1 Å². The summed E-state index contributed by atoms with van der Waals surface area (Å²) in [5.41, 5.74) is 2.11.